The normalized spacial score (nSPS) is 14.9. The Kier molecular flexibility index (Phi) is 4.75. The molecule has 1 amide bonds. The Morgan fingerprint density at radius 1 is 1.26 bits per heavy atom. The van der Waals surface area contributed by atoms with Crippen molar-refractivity contribution < 1.29 is 9.21 Å². The monoisotopic (exact) mass is 360 g/mol. The Bertz CT molecular complexity index is 964. The lowest BCUT2D eigenvalue weighted by Crippen LogP contribution is -2.39. The summed E-state index contributed by atoms with van der Waals surface area (Å²) in [6, 6.07) is 15.1. The molecule has 27 heavy (non-hydrogen) atoms. The van der Waals surface area contributed by atoms with E-state index in [-0.39, 0.29) is 5.91 Å². The van der Waals surface area contributed by atoms with Gasteiger partial charge in [0.05, 0.1) is 5.56 Å². The number of fused-ring (bicyclic) bond motifs is 1. The van der Waals surface area contributed by atoms with E-state index in [1.807, 2.05) is 24.3 Å². The zero-order chi connectivity index (χ0) is 18.6. The molecule has 0 bridgehead atoms. The number of carbonyl (C=O) groups excluding carboxylic acids is 1. The molecule has 6 nitrogen and oxygen atoms in total. The molecule has 136 valence electrons. The lowest BCUT2D eigenvalue weighted by atomic mass is 9.96. The van der Waals surface area contributed by atoms with Crippen LogP contribution >= 0.6 is 0 Å². The average molecular weight is 360 g/mol. The fourth-order valence-electron chi connectivity index (χ4n) is 3.50. The number of nitriles is 1. The largest absolute Gasteiger partial charge is 0.451 e. The first-order valence-electron chi connectivity index (χ1n) is 9.11. The van der Waals surface area contributed by atoms with Crippen LogP contribution in [0.1, 0.15) is 29.0 Å². The molecule has 0 spiro atoms. The van der Waals surface area contributed by atoms with Crippen LogP contribution in [0.25, 0.3) is 11.0 Å². The predicted molar refractivity (Wildman–Crippen MR) is 102 cm³/mol. The number of para-hydroxylation sites is 1. The topological polar surface area (TPSA) is 82.2 Å². The number of piperidine rings is 1. The summed E-state index contributed by atoms with van der Waals surface area (Å²) in [5.74, 6) is 1.33. The van der Waals surface area contributed by atoms with Gasteiger partial charge in [-0.05, 0) is 43.0 Å². The van der Waals surface area contributed by atoms with E-state index in [9.17, 15) is 10.1 Å². The maximum Gasteiger partial charge on any atom is 0.287 e. The number of benzene rings is 1. The molecule has 0 unspecified atom stereocenters. The van der Waals surface area contributed by atoms with Gasteiger partial charge in [-0.15, -0.1) is 0 Å². The Labute approximate surface area is 157 Å². The van der Waals surface area contributed by atoms with Gasteiger partial charge >= 0.3 is 0 Å². The molecular weight excluding hydrogens is 340 g/mol. The summed E-state index contributed by atoms with van der Waals surface area (Å²) in [5, 5.41) is 13.2. The number of nitrogens with one attached hydrogen (secondary N) is 1. The van der Waals surface area contributed by atoms with Gasteiger partial charge in [0.25, 0.3) is 5.91 Å². The third kappa shape index (κ3) is 3.63. The number of amides is 1. The van der Waals surface area contributed by atoms with Crippen molar-refractivity contribution in [2.24, 2.45) is 5.92 Å². The van der Waals surface area contributed by atoms with Crippen LogP contribution in [-0.2, 0) is 0 Å². The maximum absolute atomic E-state index is 12.4. The van der Waals surface area contributed by atoms with E-state index in [1.165, 1.54) is 0 Å². The first-order chi connectivity index (χ1) is 13.2. The van der Waals surface area contributed by atoms with Crippen molar-refractivity contribution in [2.75, 3.05) is 24.5 Å². The number of rotatable bonds is 4. The maximum atomic E-state index is 12.4. The Balaban J connectivity index is 1.32. The van der Waals surface area contributed by atoms with Crippen LogP contribution in [0.2, 0.25) is 0 Å². The summed E-state index contributed by atoms with van der Waals surface area (Å²) in [6.07, 6.45) is 3.61. The minimum absolute atomic E-state index is 0.176. The van der Waals surface area contributed by atoms with E-state index >= 15 is 0 Å². The second-order valence-corrected chi connectivity index (χ2v) is 6.78. The van der Waals surface area contributed by atoms with Crippen molar-refractivity contribution in [2.45, 2.75) is 12.8 Å². The molecular formula is C21H20N4O2. The van der Waals surface area contributed by atoms with Gasteiger partial charge in [-0.25, -0.2) is 4.98 Å². The van der Waals surface area contributed by atoms with E-state index in [0.29, 0.717) is 23.8 Å². The number of aromatic nitrogens is 1. The van der Waals surface area contributed by atoms with Crippen LogP contribution in [-0.4, -0.2) is 30.5 Å². The van der Waals surface area contributed by atoms with Crippen LogP contribution in [0.5, 0.6) is 0 Å². The molecule has 1 aliphatic heterocycles. The molecule has 1 fully saturated rings. The van der Waals surface area contributed by atoms with Gasteiger partial charge in [0.15, 0.2) is 5.76 Å². The molecule has 1 N–H and O–H groups in total. The van der Waals surface area contributed by atoms with Crippen molar-refractivity contribution in [3.05, 3.63) is 60.0 Å². The minimum atomic E-state index is -0.176. The van der Waals surface area contributed by atoms with Gasteiger partial charge in [-0.1, -0.05) is 18.2 Å². The predicted octanol–water partition coefficient (Wildman–Crippen LogP) is 3.35. The van der Waals surface area contributed by atoms with E-state index in [4.69, 9.17) is 4.42 Å². The third-order valence-electron chi connectivity index (χ3n) is 5.02. The molecule has 0 aliphatic carbocycles. The molecule has 1 saturated heterocycles. The molecule has 1 aromatic carbocycles. The Morgan fingerprint density at radius 3 is 2.85 bits per heavy atom. The molecule has 0 atom stereocenters. The highest BCUT2D eigenvalue weighted by molar-refractivity contribution is 5.96. The Morgan fingerprint density at radius 2 is 2.07 bits per heavy atom. The van der Waals surface area contributed by atoms with Gasteiger partial charge in [-0.3, -0.25) is 4.79 Å². The summed E-state index contributed by atoms with van der Waals surface area (Å²) in [7, 11) is 0. The van der Waals surface area contributed by atoms with Crippen molar-refractivity contribution in [3.63, 3.8) is 0 Å². The van der Waals surface area contributed by atoms with Gasteiger partial charge in [0, 0.05) is 31.2 Å². The summed E-state index contributed by atoms with van der Waals surface area (Å²) >= 11 is 0. The summed E-state index contributed by atoms with van der Waals surface area (Å²) in [5.41, 5.74) is 1.33. The molecule has 6 heteroatoms. The molecule has 3 heterocycles. The van der Waals surface area contributed by atoms with E-state index in [0.717, 1.165) is 42.7 Å². The molecule has 4 rings (SSSR count). The highest BCUT2D eigenvalue weighted by atomic mass is 16.3. The fraction of sp³-hybridized carbons (Fsp3) is 0.286. The van der Waals surface area contributed by atoms with Crippen molar-refractivity contribution in [1.29, 1.82) is 5.26 Å². The van der Waals surface area contributed by atoms with Gasteiger partial charge in [0.1, 0.15) is 17.5 Å². The van der Waals surface area contributed by atoms with Crippen LogP contribution in [0.15, 0.2) is 53.1 Å². The quantitative estimate of drug-likeness (QED) is 0.771. The number of hydrogen-bond acceptors (Lipinski definition) is 5. The number of pyridine rings is 1. The number of furan rings is 1. The number of anilines is 1. The van der Waals surface area contributed by atoms with Crippen LogP contribution in [0.3, 0.4) is 0 Å². The highest BCUT2D eigenvalue weighted by Crippen LogP contribution is 2.24. The van der Waals surface area contributed by atoms with Gasteiger partial charge in [-0.2, -0.15) is 5.26 Å². The van der Waals surface area contributed by atoms with E-state index < -0.39 is 0 Å². The lowest BCUT2D eigenvalue weighted by molar-refractivity contribution is 0.0919. The lowest BCUT2D eigenvalue weighted by Gasteiger charge is -2.33. The minimum Gasteiger partial charge on any atom is -0.451 e. The SMILES string of the molecule is N#Cc1cccnc1N1CCC(CNC(=O)c2cc3ccccc3o2)CC1. The van der Waals surface area contributed by atoms with Crippen molar-refractivity contribution >= 4 is 22.7 Å². The van der Waals surface area contributed by atoms with Gasteiger partial charge < -0.3 is 14.6 Å². The molecule has 3 aromatic rings. The highest BCUT2D eigenvalue weighted by Gasteiger charge is 2.23. The first kappa shape index (κ1) is 17.1. The van der Waals surface area contributed by atoms with Crippen LogP contribution < -0.4 is 10.2 Å². The Hall–Kier alpha value is -3.33. The standard InChI is InChI=1S/C21H20N4O2/c22-13-17-5-3-9-23-20(17)25-10-7-15(8-11-25)14-24-21(26)19-12-16-4-1-2-6-18(16)27-19/h1-6,9,12,15H,7-8,10-11,14H2,(H,24,26). The van der Waals surface area contributed by atoms with E-state index in [1.54, 1.807) is 24.4 Å². The number of nitrogens with zero attached hydrogens (tertiary/aromatic N) is 3. The van der Waals surface area contributed by atoms with E-state index in [2.05, 4.69) is 21.3 Å². The molecule has 0 radical (unpaired) electrons. The van der Waals surface area contributed by atoms with Crippen LogP contribution in [0, 0.1) is 17.2 Å². The average Bonchev–Trinajstić information content (AvgIpc) is 3.17. The molecule has 2 aromatic heterocycles. The van der Waals surface area contributed by atoms with Crippen molar-refractivity contribution in [3.8, 4) is 6.07 Å². The number of hydrogen-bond donors (Lipinski definition) is 1. The smallest absolute Gasteiger partial charge is 0.287 e. The molecule has 1 aliphatic rings. The second-order valence-electron chi connectivity index (χ2n) is 6.78. The van der Waals surface area contributed by atoms with Gasteiger partial charge in [0.2, 0.25) is 0 Å². The summed E-state index contributed by atoms with van der Waals surface area (Å²) in [4.78, 5) is 18.9. The molecule has 0 saturated carbocycles. The third-order valence-corrected chi connectivity index (χ3v) is 5.02. The number of carbonyl (C=O) groups is 1. The first-order valence-corrected chi connectivity index (χ1v) is 9.11. The zero-order valence-electron chi connectivity index (χ0n) is 14.9. The van der Waals surface area contributed by atoms with Crippen molar-refractivity contribution in [1.82, 2.24) is 10.3 Å². The summed E-state index contributed by atoms with van der Waals surface area (Å²) in [6.45, 7) is 2.28. The van der Waals surface area contributed by atoms with Crippen LogP contribution in [0.4, 0.5) is 5.82 Å². The fourth-order valence-corrected chi connectivity index (χ4v) is 3.50. The zero-order valence-corrected chi connectivity index (χ0v) is 14.9. The summed E-state index contributed by atoms with van der Waals surface area (Å²) < 4.78 is 5.61. The second kappa shape index (κ2) is 7.50.